The third-order valence-electron chi connectivity index (χ3n) is 4.13. The molecule has 0 radical (unpaired) electrons. The molecule has 8 heteroatoms. The molecular formula is C18H21F2N3O2S. The summed E-state index contributed by atoms with van der Waals surface area (Å²) in [5.74, 6) is -1.86. The topological polar surface area (TPSA) is 55.3 Å². The van der Waals surface area contributed by atoms with Gasteiger partial charge in [0.05, 0.1) is 5.69 Å². The van der Waals surface area contributed by atoms with E-state index in [4.69, 9.17) is 4.74 Å². The number of carbonyl (C=O) groups is 1. The van der Waals surface area contributed by atoms with Gasteiger partial charge in [0.15, 0.2) is 5.82 Å². The van der Waals surface area contributed by atoms with Crippen LogP contribution in [0.4, 0.5) is 13.6 Å². The molecule has 0 aliphatic carbocycles. The van der Waals surface area contributed by atoms with Crippen LogP contribution < -0.4 is 0 Å². The summed E-state index contributed by atoms with van der Waals surface area (Å²) >= 11 is 1.38. The Kier molecular flexibility index (Phi) is 5.22. The van der Waals surface area contributed by atoms with Crippen molar-refractivity contribution in [1.29, 1.82) is 0 Å². The van der Waals surface area contributed by atoms with Gasteiger partial charge in [-0.05, 0) is 39.7 Å². The Bertz CT molecular complexity index is 796. The minimum Gasteiger partial charge on any atom is -0.444 e. The van der Waals surface area contributed by atoms with Gasteiger partial charge in [0.25, 0.3) is 0 Å². The van der Waals surface area contributed by atoms with Crippen LogP contribution in [0, 0.1) is 11.8 Å². The van der Waals surface area contributed by atoms with E-state index in [1.54, 1.807) is 4.90 Å². The first kappa shape index (κ1) is 18.7. The molecule has 0 spiro atoms. The number of ether oxygens (including phenoxy) is 1. The van der Waals surface area contributed by atoms with E-state index in [2.05, 4.69) is 9.97 Å². The van der Waals surface area contributed by atoms with E-state index >= 15 is 0 Å². The lowest BCUT2D eigenvalue weighted by atomic mass is 9.94. The molecule has 0 saturated carbocycles. The third kappa shape index (κ3) is 4.35. The number of carbonyl (C=O) groups excluding carboxylic acids is 1. The highest BCUT2D eigenvalue weighted by atomic mass is 32.1. The van der Waals surface area contributed by atoms with Crippen LogP contribution in [0.15, 0.2) is 17.6 Å². The molecule has 0 unspecified atom stereocenters. The van der Waals surface area contributed by atoms with Gasteiger partial charge in [-0.15, -0.1) is 11.3 Å². The summed E-state index contributed by atoms with van der Waals surface area (Å²) in [5, 5.41) is 2.55. The van der Waals surface area contributed by atoms with Crippen LogP contribution in [-0.2, 0) is 4.74 Å². The Labute approximate surface area is 155 Å². The fourth-order valence-corrected chi connectivity index (χ4v) is 3.71. The molecule has 3 heterocycles. The number of pyridine rings is 1. The first-order valence-corrected chi connectivity index (χ1v) is 9.35. The van der Waals surface area contributed by atoms with Crippen molar-refractivity contribution in [1.82, 2.24) is 14.9 Å². The van der Waals surface area contributed by atoms with Crippen LogP contribution in [-0.4, -0.2) is 39.7 Å². The highest BCUT2D eigenvalue weighted by Gasteiger charge is 2.28. The number of amides is 1. The second kappa shape index (κ2) is 7.26. The number of nitrogens with zero attached hydrogens (tertiary/aromatic N) is 3. The van der Waals surface area contributed by atoms with E-state index in [-0.39, 0.29) is 12.0 Å². The van der Waals surface area contributed by atoms with Gasteiger partial charge in [-0.3, -0.25) is 0 Å². The molecule has 1 aliphatic rings. The summed E-state index contributed by atoms with van der Waals surface area (Å²) in [6.07, 6.45) is 2.58. The first-order valence-electron chi connectivity index (χ1n) is 8.48. The Morgan fingerprint density at radius 1 is 1.31 bits per heavy atom. The molecular weight excluding hydrogens is 360 g/mol. The first-order chi connectivity index (χ1) is 12.2. The van der Waals surface area contributed by atoms with Gasteiger partial charge in [-0.1, -0.05) is 0 Å². The molecule has 1 saturated heterocycles. The second-order valence-corrected chi connectivity index (χ2v) is 8.17. The lowest BCUT2D eigenvalue weighted by Crippen LogP contribution is -2.41. The van der Waals surface area contributed by atoms with Crippen LogP contribution in [0.1, 0.15) is 45.2 Å². The fraction of sp³-hybridized carbons (Fsp3) is 0.500. The largest absolute Gasteiger partial charge is 0.444 e. The lowest BCUT2D eigenvalue weighted by Gasteiger charge is -2.32. The highest BCUT2D eigenvalue weighted by molar-refractivity contribution is 7.13. The predicted octanol–water partition coefficient (Wildman–Crippen LogP) is 4.60. The van der Waals surface area contributed by atoms with Gasteiger partial charge >= 0.3 is 6.09 Å². The Hall–Kier alpha value is -2.09. The number of hydrogen-bond donors (Lipinski definition) is 0. The van der Waals surface area contributed by atoms with E-state index in [0.717, 1.165) is 24.6 Å². The fourth-order valence-electron chi connectivity index (χ4n) is 2.83. The quantitative estimate of drug-likeness (QED) is 0.714. The van der Waals surface area contributed by atoms with Gasteiger partial charge in [0, 0.05) is 36.1 Å². The molecule has 0 atom stereocenters. The Morgan fingerprint density at radius 3 is 2.62 bits per heavy atom. The van der Waals surface area contributed by atoms with Crippen LogP contribution in [0.5, 0.6) is 0 Å². The SMILES string of the molecule is CC(C)(C)OC(=O)N1CCC(c2csc(-c3cnc(F)c(F)c3)n2)CC1. The highest BCUT2D eigenvalue weighted by Crippen LogP contribution is 2.32. The van der Waals surface area contributed by atoms with Gasteiger partial charge in [-0.25, -0.2) is 19.2 Å². The molecule has 0 aromatic carbocycles. The number of aromatic nitrogens is 2. The normalized spacial score (nSPS) is 16.0. The van der Waals surface area contributed by atoms with Crippen molar-refractivity contribution < 1.29 is 18.3 Å². The van der Waals surface area contributed by atoms with Crippen LogP contribution in [0.2, 0.25) is 0 Å². The van der Waals surface area contributed by atoms with Gasteiger partial charge < -0.3 is 9.64 Å². The molecule has 1 aliphatic heterocycles. The van der Waals surface area contributed by atoms with E-state index in [0.29, 0.717) is 23.7 Å². The molecule has 140 valence electrons. The minimum atomic E-state index is -1.11. The van der Waals surface area contributed by atoms with E-state index in [1.807, 2.05) is 26.2 Å². The average molecular weight is 381 g/mol. The lowest BCUT2D eigenvalue weighted by molar-refractivity contribution is 0.0204. The molecule has 1 fully saturated rings. The summed E-state index contributed by atoms with van der Waals surface area (Å²) in [4.78, 5) is 21.8. The molecule has 2 aromatic rings. The molecule has 0 bridgehead atoms. The van der Waals surface area contributed by atoms with Crippen molar-refractivity contribution in [3.63, 3.8) is 0 Å². The van der Waals surface area contributed by atoms with Crippen molar-refractivity contribution in [3.05, 3.63) is 35.1 Å². The predicted molar refractivity (Wildman–Crippen MR) is 95.0 cm³/mol. The Balaban J connectivity index is 1.63. The summed E-state index contributed by atoms with van der Waals surface area (Å²) in [6.45, 7) is 6.77. The van der Waals surface area contributed by atoms with Crippen molar-refractivity contribution in [2.45, 2.75) is 45.1 Å². The van der Waals surface area contributed by atoms with Crippen molar-refractivity contribution in [3.8, 4) is 10.6 Å². The van der Waals surface area contributed by atoms with Crippen molar-refractivity contribution in [2.24, 2.45) is 0 Å². The molecule has 5 nitrogen and oxygen atoms in total. The average Bonchev–Trinajstić information content (AvgIpc) is 3.06. The molecule has 1 amide bonds. The van der Waals surface area contributed by atoms with Crippen LogP contribution in [0.3, 0.4) is 0 Å². The zero-order valence-corrected chi connectivity index (χ0v) is 15.8. The number of likely N-dealkylation sites (tertiary alicyclic amines) is 1. The molecule has 2 aromatic heterocycles. The zero-order valence-electron chi connectivity index (χ0n) is 15.0. The maximum absolute atomic E-state index is 13.4. The molecule has 26 heavy (non-hydrogen) atoms. The van der Waals surface area contributed by atoms with Crippen LogP contribution >= 0.6 is 11.3 Å². The summed E-state index contributed by atoms with van der Waals surface area (Å²) in [6, 6.07) is 1.11. The minimum absolute atomic E-state index is 0.233. The maximum Gasteiger partial charge on any atom is 0.410 e. The smallest absolute Gasteiger partial charge is 0.410 e. The van der Waals surface area contributed by atoms with Crippen molar-refractivity contribution >= 4 is 17.4 Å². The van der Waals surface area contributed by atoms with Gasteiger partial charge in [-0.2, -0.15) is 4.39 Å². The van der Waals surface area contributed by atoms with Crippen LogP contribution in [0.25, 0.3) is 10.6 Å². The van der Waals surface area contributed by atoms with Crippen molar-refractivity contribution in [2.75, 3.05) is 13.1 Å². The summed E-state index contributed by atoms with van der Waals surface area (Å²) in [5.41, 5.74) is 0.876. The van der Waals surface area contributed by atoms with E-state index in [1.165, 1.54) is 17.5 Å². The molecule has 0 N–H and O–H groups in total. The Morgan fingerprint density at radius 2 is 2.00 bits per heavy atom. The number of piperidine rings is 1. The zero-order chi connectivity index (χ0) is 18.9. The number of thiazole rings is 1. The van der Waals surface area contributed by atoms with E-state index < -0.39 is 17.4 Å². The molecule has 3 rings (SSSR count). The number of rotatable bonds is 2. The summed E-state index contributed by atoms with van der Waals surface area (Å²) < 4.78 is 31.7. The number of hydrogen-bond acceptors (Lipinski definition) is 5. The second-order valence-electron chi connectivity index (χ2n) is 7.32. The van der Waals surface area contributed by atoms with Gasteiger partial charge in [0.1, 0.15) is 10.6 Å². The monoisotopic (exact) mass is 381 g/mol. The maximum atomic E-state index is 13.4. The third-order valence-corrected chi connectivity index (χ3v) is 5.04. The van der Waals surface area contributed by atoms with Gasteiger partial charge in [0.2, 0.25) is 5.95 Å². The number of halogens is 2. The standard InChI is InChI=1S/C18H21F2N3O2S/c1-18(2,3)25-17(24)23-6-4-11(5-7-23)14-10-26-16(22-14)12-8-13(19)15(20)21-9-12/h8-11H,4-7H2,1-3H3. The van der Waals surface area contributed by atoms with E-state index in [9.17, 15) is 13.6 Å². The summed E-state index contributed by atoms with van der Waals surface area (Å²) in [7, 11) is 0.